The molecule has 0 aromatic rings. The van der Waals surface area contributed by atoms with Gasteiger partial charge >= 0.3 is 5.97 Å². The van der Waals surface area contributed by atoms with Crippen molar-refractivity contribution in [3.63, 3.8) is 0 Å². The number of carboxylic acid groups (broad SMARTS) is 1. The van der Waals surface area contributed by atoms with Crippen LogP contribution in [0, 0.1) is 0 Å². The minimum Gasteiger partial charge on any atom is -0.478 e. The first-order chi connectivity index (χ1) is 2.77. The molecule has 0 amide bonds. The second-order valence-electron chi connectivity index (χ2n) is 0.838. The maximum atomic E-state index is 9.51. The van der Waals surface area contributed by atoms with Crippen molar-refractivity contribution >= 4 is 18.4 Å². The molecule has 48 valence electrons. The number of aliphatic carboxylic acids is 1. The van der Waals surface area contributed by atoms with Crippen molar-refractivity contribution < 1.29 is 27.3 Å². The summed E-state index contributed by atoms with van der Waals surface area (Å²) in [4.78, 5) is 9.51. The van der Waals surface area contributed by atoms with Gasteiger partial charge in [-0.3, -0.25) is 0 Å². The SMILES string of the molecule is CC=CC(=O)O.Cl.[Cr]. The molecule has 0 aliphatic carbocycles. The van der Waals surface area contributed by atoms with Crippen LogP contribution in [0.5, 0.6) is 0 Å². The Hall–Kier alpha value is 0.0325. The molecule has 0 aromatic heterocycles. The van der Waals surface area contributed by atoms with E-state index < -0.39 is 5.97 Å². The minimum absolute atomic E-state index is 0. The van der Waals surface area contributed by atoms with Crippen molar-refractivity contribution in [2.24, 2.45) is 0 Å². The van der Waals surface area contributed by atoms with Gasteiger partial charge in [-0.2, -0.15) is 0 Å². The van der Waals surface area contributed by atoms with Crippen molar-refractivity contribution in [3.05, 3.63) is 12.2 Å². The number of allylic oxidation sites excluding steroid dienone is 1. The molecule has 0 saturated heterocycles. The van der Waals surface area contributed by atoms with Gasteiger partial charge in [0.2, 0.25) is 0 Å². The molecule has 0 aromatic carbocycles. The van der Waals surface area contributed by atoms with E-state index in [1.807, 2.05) is 0 Å². The summed E-state index contributed by atoms with van der Waals surface area (Å²) in [6.45, 7) is 1.66. The van der Waals surface area contributed by atoms with Gasteiger partial charge in [0.25, 0.3) is 0 Å². The van der Waals surface area contributed by atoms with E-state index in [9.17, 15) is 4.79 Å². The Morgan fingerprint density at radius 1 is 1.62 bits per heavy atom. The van der Waals surface area contributed by atoms with Gasteiger partial charge in [0.15, 0.2) is 0 Å². The molecule has 0 aliphatic heterocycles. The molecule has 0 radical (unpaired) electrons. The van der Waals surface area contributed by atoms with E-state index in [-0.39, 0.29) is 29.8 Å². The molecule has 4 heteroatoms. The average Bonchev–Trinajstić information content (AvgIpc) is 1.35. The minimum atomic E-state index is -0.891. The molecule has 0 atom stereocenters. The van der Waals surface area contributed by atoms with E-state index in [1.54, 1.807) is 6.92 Å². The van der Waals surface area contributed by atoms with Crippen LogP contribution in [0.15, 0.2) is 12.2 Å². The van der Waals surface area contributed by atoms with E-state index in [1.165, 1.54) is 6.08 Å². The van der Waals surface area contributed by atoms with E-state index in [4.69, 9.17) is 5.11 Å². The van der Waals surface area contributed by atoms with Crippen molar-refractivity contribution in [1.29, 1.82) is 0 Å². The Kier molecular flexibility index (Phi) is 19.8. The van der Waals surface area contributed by atoms with Crippen molar-refractivity contribution in [3.8, 4) is 0 Å². The van der Waals surface area contributed by atoms with Gasteiger partial charge in [0.1, 0.15) is 0 Å². The van der Waals surface area contributed by atoms with Gasteiger partial charge in [-0.25, -0.2) is 4.79 Å². The number of carboxylic acids is 1. The molecular formula is C4H7ClCrO2. The van der Waals surface area contributed by atoms with Crippen molar-refractivity contribution in [1.82, 2.24) is 0 Å². The number of hydrogen-bond donors (Lipinski definition) is 1. The predicted molar refractivity (Wildman–Crippen MR) is 29.7 cm³/mol. The summed E-state index contributed by atoms with van der Waals surface area (Å²) in [6.07, 6.45) is 2.56. The molecule has 0 unspecified atom stereocenters. The van der Waals surface area contributed by atoms with Crippen LogP contribution in [0.1, 0.15) is 6.92 Å². The fourth-order valence-electron chi connectivity index (χ4n) is 0.143. The molecular weight excluding hydrogens is 167 g/mol. The molecule has 0 saturated carbocycles. The molecule has 0 aliphatic rings. The zero-order valence-electron chi connectivity index (χ0n) is 4.33. The first kappa shape index (κ1) is 15.7. The molecule has 0 rings (SSSR count). The van der Waals surface area contributed by atoms with Crippen molar-refractivity contribution in [2.45, 2.75) is 6.92 Å². The summed E-state index contributed by atoms with van der Waals surface area (Å²) in [7, 11) is 0. The molecule has 8 heavy (non-hydrogen) atoms. The Morgan fingerprint density at radius 3 is 2.00 bits per heavy atom. The second-order valence-corrected chi connectivity index (χ2v) is 0.838. The zero-order chi connectivity index (χ0) is 4.99. The summed E-state index contributed by atoms with van der Waals surface area (Å²) in [5.74, 6) is -0.891. The second kappa shape index (κ2) is 10.1. The third kappa shape index (κ3) is 16.6. The summed E-state index contributed by atoms with van der Waals surface area (Å²) in [5, 5.41) is 7.83. The third-order valence-electron chi connectivity index (χ3n) is 0.309. The largest absolute Gasteiger partial charge is 0.478 e. The Bertz CT molecular complexity index is 82.1. The standard InChI is InChI=1S/C4H6O2.ClH.Cr/c1-2-3-4(5)6;;/h2-3H,1H3,(H,5,6);1H;. The number of halogens is 1. The van der Waals surface area contributed by atoms with Crippen LogP contribution in [0.25, 0.3) is 0 Å². The Morgan fingerprint density at radius 2 is 2.00 bits per heavy atom. The molecule has 0 bridgehead atoms. The molecule has 1 N–H and O–H groups in total. The van der Waals surface area contributed by atoms with Crippen LogP contribution < -0.4 is 0 Å². The average molecular weight is 175 g/mol. The predicted octanol–water partition coefficient (Wildman–Crippen LogP) is 1.07. The fourth-order valence-corrected chi connectivity index (χ4v) is 0.143. The van der Waals surface area contributed by atoms with Crippen LogP contribution in [0.4, 0.5) is 0 Å². The van der Waals surface area contributed by atoms with Crippen LogP contribution >= 0.6 is 12.4 Å². The van der Waals surface area contributed by atoms with E-state index in [2.05, 4.69) is 0 Å². The van der Waals surface area contributed by atoms with E-state index in [0.717, 1.165) is 6.08 Å². The van der Waals surface area contributed by atoms with Gasteiger partial charge in [-0.1, -0.05) is 6.08 Å². The topological polar surface area (TPSA) is 37.3 Å². The molecule has 2 nitrogen and oxygen atoms in total. The Balaban J connectivity index is -0.000000125. The van der Waals surface area contributed by atoms with Gasteiger partial charge < -0.3 is 5.11 Å². The monoisotopic (exact) mass is 174 g/mol. The first-order valence-electron chi connectivity index (χ1n) is 1.63. The third-order valence-corrected chi connectivity index (χ3v) is 0.309. The number of carbonyl (C=O) groups is 1. The normalized spacial score (nSPS) is 7.12. The van der Waals surface area contributed by atoms with Crippen molar-refractivity contribution in [2.75, 3.05) is 0 Å². The number of hydrogen-bond acceptors (Lipinski definition) is 1. The van der Waals surface area contributed by atoms with Gasteiger partial charge in [0, 0.05) is 23.4 Å². The van der Waals surface area contributed by atoms with Crippen LogP contribution in [-0.2, 0) is 22.2 Å². The summed E-state index contributed by atoms with van der Waals surface area (Å²) in [5.41, 5.74) is 0. The Labute approximate surface area is 65.1 Å². The van der Waals surface area contributed by atoms with Gasteiger partial charge in [0.05, 0.1) is 0 Å². The van der Waals surface area contributed by atoms with E-state index in [0.29, 0.717) is 0 Å². The summed E-state index contributed by atoms with van der Waals surface area (Å²) >= 11 is 0. The maximum Gasteiger partial charge on any atom is 0.327 e. The smallest absolute Gasteiger partial charge is 0.327 e. The van der Waals surface area contributed by atoms with Gasteiger partial charge in [-0.15, -0.1) is 12.4 Å². The molecule has 0 spiro atoms. The zero-order valence-corrected chi connectivity index (χ0v) is 6.42. The quantitative estimate of drug-likeness (QED) is 0.604. The summed E-state index contributed by atoms with van der Waals surface area (Å²) < 4.78 is 0. The fraction of sp³-hybridized carbons (Fsp3) is 0.250. The molecule has 0 heterocycles. The first-order valence-corrected chi connectivity index (χ1v) is 1.63. The van der Waals surface area contributed by atoms with Crippen LogP contribution in [0.2, 0.25) is 0 Å². The van der Waals surface area contributed by atoms with E-state index >= 15 is 0 Å². The van der Waals surface area contributed by atoms with Crippen LogP contribution in [0.3, 0.4) is 0 Å². The number of rotatable bonds is 1. The molecule has 0 fully saturated rings. The summed E-state index contributed by atoms with van der Waals surface area (Å²) in [6, 6.07) is 0. The maximum absolute atomic E-state index is 9.51. The van der Waals surface area contributed by atoms with Gasteiger partial charge in [-0.05, 0) is 6.92 Å². The van der Waals surface area contributed by atoms with Crippen LogP contribution in [-0.4, -0.2) is 11.1 Å².